The van der Waals surface area contributed by atoms with E-state index in [0.717, 1.165) is 19.6 Å². The van der Waals surface area contributed by atoms with Crippen molar-refractivity contribution in [2.45, 2.75) is 19.2 Å². The third kappa shape index (κ3) is 4.33. The van der Waals surface area contributed by atoms with Crippen LogP contribution in [0, 0.1) is 5.92 Å². The van der Waals surface area contributed by atoms with Crippen molar-refractivity contribution in [1.82, 2.24) is 20.0 Å². The Morgan fingerprint density at radius 1 is 1.18 bits per heavy atom. The van der Waals surface area contributed by atoms with Crippen molar-refractivity contribution in [3.63, 3.8) is 0 Å². The van der Waals surface area contributed by atoms with Gasteiger partial charge in [-0.05, 0) is 30.2 Å². The summed E-state index contributed by atoms with van der Waals surface area (Å²) in [6.07, 6.45) is -2.42. The monoisotopic (exact) mass is 393 g/mol. The van der Waals surface area contributed by atoms with Crippen LogP contribution in [0.4, 0.5) is 19.0 Å². The number of ether oxygens (including phenoxy) is 1. The number of piperidine rings is 1. The lowest BCUT2D eigenvalue weighted by Crippen LogP contribution is -2.86. The fourth-order valence-electron chi connectivity index (χ4n) is 3.34. The van der Waals surface area contributed by atoms with E-state index in [9.17, 15) is 13.2 Å². The molecule has 3 aromatic rings. The minimum absolute atomic E-state index is 0.322. The molecule has 0 spiro atoms. The number of halogens is 3. The maximum Gasteiger partial charge on any atom is 0.573 e. The lowest BCUT2D eigenvalue weighted by atomic mass is 9.98. The number of rotatable bonds is 5. The summed E-state index contributed by atoms with van der Waals surface area (Å²) in [5.41, 5.74) is 1.41. The summed E-state index contributed by atoms with van der Waals surface area (Å²) in [6, 6.07) is 9.20. The van der Waals surface area contributed by atoms with Crippen molar-refractivity contribution < 1.29 is 23.2 Å². The molecular formula is C18H20F3N6O+. The Hall–Kier alpha value is -2.88. The number of pyridine rings is 1. The number of quaternary nitrogens is 1. The second-order valence-corrected chi connectivity index (χ2v) is 6.78. The van der Waals surface area contributed by atoms with Crippen molar-refractivity contribution in [1.29, 1.82) is 0 Å². The number of hydrogen-bond donors (Lipinski definition) is 2. The molecule has 1 fully saturated rings. The van der Waals surface area contributed by atoms with E-state index in [-0.39, 0.29) is 5.75 Å². The first kappa shape index (κ1) is 18.5. The number of benzene rings is 1. The SMILES string of the molecule is FC(F)(F)Oc1cccc(-n2nnc3ccc(NCC4CC[NH2+]CC4)nc32)c1. The zero-order valence-electron chi connectivity index (χ0n) is 15.0. The highest BCUT2D eigenvalue weighted by atomic mass is 19.4. The number of nitrogens with one attached hydrogen (secondary N) is 1. The molecule has 0 unspecified atom stereocenters. The van der Waals surface area contributed by atoms with Crippen LogP contribution >= 0.6 is 0 Å². The van der Waals surface area contributed by atoms with Crippen LogP contribution in [0.5, 0.6) is 5.75 Å². The molecule has 148 valence electrons. The summed E-state index contributed by atoms with van der Waals surface area (Å²) in [6.45, 7) is 3.13. The minimum atomic E-state index is -4.75. The maximum absolute atomic E-state index is 12.5. The Morgan fingerprint density at radius 2 is 2.00 bits per heavy atom. The number of aromatic nitrogens is 4. The molecule has 1 saturated heterocycles. The number of nitrogens with zero attached hydrogens (tertiary/aromatic N) is 4. The van der Waals surface area contributed by atoms with E-state index in [1.54, 1.807) is 12.1 Å². The maximum atomic E-state index is 12.5. The van der Waals surface area contributed by atoms with Gasteiger partial charge in [-0.15, -0.1) is 18.3 Å². The average molecular weight is 393 g/mol. The topological polar surface area (TPSA) is 81.5 Å². The summed E-state index contributed by atoms with van der Waals surface area (Å²) in [5, 5.41) is 13.7. The van der Waals surface area contributed by atoms with E-state index in [0.29, 0.717) is 28.6 Å². The third-order valence-electron chi connectivity index (χ3n) is 4.72. The van der Waals surface area contributed by atoms with E-state index in [4.69, 9.17) is 0 Å². The summed E-state index contributed by atoms with van der Waals surface area (Å²) in [5.74, 6) is 0.979. The summed E-state index contributed by atoms with van der Waals surface area (Å²) in [7, 11) is 0. The molecule has 0 saturated carbocycles. The molecule has 1 aromatic carbocycles. The van der Waals surface area contributed by atoms with Gasteiger partial charge in [0.2, 0.25) is 0 Å². The third-order valence-corrected chi connectivity index (χ3v) is 4.72. The number of nitrogens with two attached hydrogens (primary N) is 1. The zero-order chi connectivity index (χ0) is 19.6. The lowest BCUT2D eigenvalue weighted by molar-refractivity contribution is -0.664. The Labute approximate surface area is 158 Å². The lowest BCUT2D eigenvalue weighted by Gasteiger charge is -2.20. The highest BCUT2D eigenvalue weighted by Gasteiger charge is 2.31. The van der Waals surface area contributed by atoms with Gasteiger partial charge >= 0.3 is 6.36 Å². The Morgan fingerprint density at radius 3 is 2.79 bits per heavy atom. The standard InChI is InChI=1S/C18H19F3N6O/c19-18(20,21)28-14-3-1-2-13(10-14)27-17-15(25-26-27)4-5-16(24-17)23-11-12-6-8-22-9-7-12/h1-5,10,12,22H,6-9,11H2,(H,23,24)/p+1. The molecule has 10 heteroatoms. The summed E-state index contributed by atoms with van der Waals surface area (Å²) < 4.78 is 42.8. The van der Waals surface area contributed by atoms with Crippen LogP contribution in [0.15, 0.2) is 36.4 Å². The smallest absolute Gasteiger partial charge is 0.406 e. The first-order valence-electron chi connectivity index (χ1n) is 9.12. The van der Waals surface area contributed by atoms with Gasteiger partial charge < -0.3 is 15.4 Å². The Balaban J connectivity index is 1.57. The number of alkyl halides is 3. The van der Waals surface area contributed by atoms with Gasteiger partial charge in [-0.25, -0.2) is 4.98 Å². The van der Waals surface area contributed by atoms with Gasteiger partial charge in [-0.2, -0.15) is 4.68 Å². The average Bonchev–Trinajstić information content (AvgIpc) is 3.09. The summed E-state index contributed by atoms with van der Waals surface area (Å²) >= 11 is 0. The molecule has 3 heterocycles. The molecule has 1 aliphatic heterocycles. The van der Waals surface area contributed by atoms with Crippen molar-refractivity contribution >= 4 is 17.0 Å². The van der Waals surface area contributed by atoms with Crippen LogP contribution in [0.2, 0.25) is 0 Å². The minimum Gasteiger partial charge on any atom is -0.406 e. The van der Waals surface area contributed by atoms with Crippen LogP contribution in [0.1, 0.15) is 12.8 Å². The first-order valence-corrected chi connectivity index (χ1v) is 9.12. The number of fused-ring (bicyclic) bond motifs is 1. The molecule has 0 atom stereocenters. The Bertz CT molecular complexity index is 952. The predicted molar refractivity (Wildman–Crippen MR) is 96.2 cm³/mol. The quantitative estimate of drug-likeness (QED) is 0.694. The van der Waals surface area contributed by atoms with Gasteiger partial charge in [-0.1, -0.05) is 11.3 Å². The van der Waals surface area contributed by atoms with Crippen molar-refractivity contribution in [3.05, 3.63) is 36.4 Å². The van der Waals surface area contributed by atoms with E-state index < -0.39 is 6.36 Å². The highest BCUT2D eigenvalue weighted by molar-refractivity contribution is 5.74. The normalized spacial score (nSPS) is 15.7. The predicted octanol–water partition coefficient (Wildman–Crippen LogP) is 2.10. The van der Waals surface area contributed by atoms with E-state index >= 15 is 0 Å². The molecule has 0 bridgehead atoms. The highest BCUT2D eigenvalue weighted by Crippen LogP contribution is 2.25. The van der Waals surface area contributed by atoms with Crippen molar-refractivity contribution in [2.24, 2.45) is 5.92 Å². The van der Waals surface area contributed by atoms with Crippen LogP contribution in [0.25, 0.3) is 16.9 Å². The van der Waals surface area contributed by atoms with Gasteiger partial charge in [0, 0.05) is 25.5 Å². The molecule has 4 rings (SSSR count). The first-order chi connectivity index (χ1) is 13.5. The largest absolute Gasteiger partial charge is 0.573 e. The van der Waals surface area contributed by atoms with Crippen LogP contribution in [0.3, 0.4) is 0 Å². The Kier molecular flexibility index (Phi) is 5.03. The van der Waals surface area contributed by atoms with E-state index in [2.05, 4.69) is 30.7 Å². The van der Waals surface area contributed by atoms with Crippen LogP contribution in [-0.4, -0.2) is 46.0 Å². The van der Waals surface area contributed by atoms with Gasteiger partial charge in [-0.3, -0.25) is 0 Å². The summed E-state index contributed by atoms with van der Waals surface area (Å²) in [4.78, 5) is 4.56. The second kappa shape index (κ2) is 7.63. The number of anilines is 1. The van der Waals surface area contributed by atoms with Gasteiger partial charge in [0.25, 0.3) is 0 Å². The van der Waals surface area contributed by atoms with E-state index in [1.165, 1.54) is 35.7 Å². The van der Waals surface area contributed by atoms with E-state index in [1.807, 2.05) is 6.07 Å². The van der Waals surface area contributed by atoms with Crippen LogP contribution in [-0.2, 0) is 0 Å². The molecule has 3 N–H and O–H groups in total. The molecular weight excluding hydrogens is 373 g/mol. The molecule has 0 aliphatic carbocycles. The molecule has 1 aliphatic rings. The van der Waals surface area contributed by atoms with Crippen molar-refractivity contribution in [3.8, 4) is 11.4 Å². The zero-order valence-corrected chi connectivity index (χ0v) is 15.0. The second-order valence-electron chi connectivity index (χ2n) is 6.78. The van der Waals surface area contributed by atoms with Crippen molar-refractivity contribution in [2.75, 3.05) is 25.0 Å². The molecule has 0 amide bonds. The molecule has 7 nitrogen and oxygen atoms in total. The molecule has 0 radical (unpaired) electrons. The van der Waals surface area contributed by atoms with Gasteiger partial charge in [0.15, 0.2) is 5.65 Å². The number of hydrogen-bond acceptors (Lipinski definition) is 5. The molecule has 2 aromatic heterocycles. The fraction of sp³-hybridized carbons (Fsp3) is 0.389. The fourth-order valence-corrected chi connectivity index (χ4v) is 3.34. The van der Waals surface area contributed by atoms with Gasteiger partial charge in [0.1, 0.15) is 17.1 Å². The molecule has 28 heavy (non-hydrogen) atoms. The van der Waals surface area contributed by atoms with Gasteiger partial charge in [0.05, 0.1) is 18.8 Å². The van der Waals surface area contributed by atoms with Crippen LogP contribution < -0.4 is 15.4 Å².